The van der Waals surface area contributed by atoms with Crippen LogP contribution in [0, 0.1) is 0 Å². The predicted octanol–water partition coefficient (Wildman–Crippen LogP) is 5.72. The molecule has 7 nitrogen and oxygen atoms in total. The molecule has 0 radical (unpaired) electrons. The maximum Gasteiger partial charge on any atom is 0.332 e. The van der Waals surface area contributed by atoms with Gasteiger partial charge in [-0.3, -0.25) is 0 Å². The minimum Gasteiger partial charge on any atom is -0.458 e. The summed E-state index contributed by atoms with van der Waals surface area (Å²) in [6, 6.07) is 0. The standard InChI is InChI=1S/C27H54O7/c1-5-6-7-8-9-10-11-12-13-14-15-16-29-17-18-30-19-20-31-21-22-32-23-24-33-25-26(28)34-27(2,3)4/h5-25H2,1-4H3. The fraction of sp³-hybridized carbons (Fsp3) is 0.963. The first-order valence-corrected chi connectivity index (χ1v) is 13.6. The van der Waals surface area contributed by atoms with E-state index >= 15 is 0 Å². The Labute approximate surface area is 209 Å². The van der Waals surface area contributed by atoms with Gasteiger partial charge in [0.15, 0.2) is 0 Å². The van der Waals surface area contributed by atoms with Gasteiger partial charge in [-0.2, -0.15) is 0 Å². The van der Waals surface area contributed by atoms with E-state index in [9.17, 15) is 4.79 Å². The van der Waals surface area contributed by atoms with E-state index in [0.29, 0.717) is 52.9 Å². The van der Waals surface area contributed by atoms with Crippen LogP contribution in [0.4, 0.5) is 0 Å². The molecule has 0 amide bonds. The lowest BCUT2D eigenvalue weighted by Gasteiger charge is -2.19. The van der Waals surface area contributed by atoms with Gasteiger partial charge in [0.05, 0.1) is 52.9 Å². The Kier molecular flexibility index (Phi) is 24.8. The van der Waals surface area contributed by atoms with Crippen molar-refractivity contribution < 1.29 is 33.2 Å². The van der Waals surface area contributed by atoms with Crippen LogP contribution in [0.5, 0.6) is 0 Å². The maximum absolute atomic E-state index is 11.5. The molecule has 0 aliphatic rings. The SMILES string of the molecule is CCCCCCCCCCCCCOCCOCCOCCOCCOCC(=O)OC(C)(C)C. The molecule has 0 N–H and O–H groups in total. The quantitative estimate of drug-likeness (QED) is 0.113. The van der Waals surface area contributed by atoms with Crippen LogP contribution in [0.3, 0.4) is 0 Å². The lowest BCUT2D eigenvalue weighted by atomic mass is 10.1. The number of carbonyl (C=O) groups is 1. The summed E-state index contributed by atoms with van der Waals surface area (Å²) in [5, 5.41) is 0. The summed E-state index contributed by atoms with van der Waals surface area (Å²) < 4.78 is 32.3. The van der Waals surface area contributed by atoms with Crippen molar-refractivity contribution >= 4 is 5.97 Å². The van der Waals surface area contributed by atoms with Crippen LogP contribution < -0.4 is 0 Å². The van der Waals surface area contributed by atoms with Gasteiger partial charge in [-0.15, -0.1) is 0 Å². The van der Waals surface area contributed by atoms with E-state index < -0.39 is 5.60 Å². The Balaban J connectivity index is 3.10. The van der Waals surface area contributed by atoms with Crippen molar-refractivity contribution in [2.45, 2.75) is 104 Å². The summed E-state index contributed by atoms with van der Waals surface area (Å²) in [4.78, 5) is 11.5. The third-order valence-corrected chi connectivity index (χ3v) is 5.02. The second-order valence-corrected chi connectivity index (χ2v) is 9.62. The van der Waals surface area contributed by atoms with Crippen LogP contribution in [0.2, 0.25) is 0 Å². The van der Waals surface area contributed by atoms with Crippen LogP contribution >= 0.6 is 0 Å². The zero-order valence-corrected chi connectivity index (χ0v) is 22.7. The van der Waals surface area contributed by atoms with Gasteiger partial charge in [-0.05, 0) is 27.2 Å². The fourth-order valence-electron chi connectivity index (χ4n) is 3.27. The normalized spacial score (nSPS) is 11.8. The van der Waals surface area contributed by atoms with Crippen molar-refractivity contribution in [3.8, 4) is 0 Å². The Morgan fingerprint density at radius 2 is 0.853 bits per heavy atom. The Morgan fingerprint density at radius 3 is 1.26 bits per heavy atom. The van der Waals surface area contributed by atoms with E-state index in [4.69, 9.17) is 28.4 Å². The molecule has 0 bridgehead atoms. The highest BCUT2D eigenvalue weighted by molar-refractivity contribution is 5.71. The first-order chi connectivity index (χ1) is 16.5. The molecule has 0 spiro atoms. The topological polar surface area (TPSA) is 72.5 Å². The monoisotopic (exact) mass is 490 g/mol. The van der Waals surface area contributed by atoms with Gasteiger partial charge in [0, 0.05) is 6.61 Å². The Hall–Kier alpha value is -0.730. The smallest absolute Gasteiger partial charge is 0.332 e. The van der Waals surface area contributed by atoms with Crippen LogP contribution in [0.25, 0.3) is 0 Å². The average molecular weight is 491 g/mol. The van der Waals surface area contributed by atoms with Gasteiger partial charge >= 0.3 is 5.97 Å². The van der Waals surface area contributed by atoms with Crippen LogP contribution in [0.15, 0.2) is 0 Å². The fourth-order valence-corrected chi connectivity index (χ4v) is 3.27. The molecule has 0 rings (SSSR count). The van der Waals surface area contributed by atoms with E-state index in [-0.39, 0.29) is 12.6 Å². The molecule has 204 valence electrons. The Bertz CT molecular complexity index is 424. The highest BCUT2D eigenvalue weighted by Gasteiger charge is 2.15. The minimum atomic E-state index is -0.489. The molecular weight excluding hydrogens is 436 g/mol. The molecule has 0 aromatic heterocycles. The summed E-state index contributed by atoms with van der Waals surface area (Å²) in [7, 11) is 0. The third-order valence-electron chi connectivity index (χ3n) is 5.02. The second kappa shape index (κ2) is 25.4. The number of carbonyl (C=O) groups excluding carboxylic acids is 1. The molecule has 34 heavy (non-hydrogen) atoms. The van der Waals surface area contributed by atoms with Crippen LogP contribution in [-0.2, 0) is 33.2 Å². The summed E-state index contributed by atoms with van der Waals surface area (Å²) in [6.45, 7) is 12.6. The Morgan fingerprint density at radius 1 is 0.500 bits per heavy atom. The molecule has 0 atom stereocenters. The first-order valence-electron chi connectivity index (χ1n) is 13.6. The van der Waals surface area contributed by atoms with Crippen molar-refractivity contribution in [3.05, 3.63) is 0 Å². The zero-order chi connectivity index (χ0) is 25.2. The van der Waals surface area contributed by atoms with Gasteiger partial charge in [0.25, 0.3) is 0 Å². The third kappa shape index (κ3) is 29.3. The minimum absolute atomic E-state index is 0.0580. The number of unbranched alkanes of at least 4 members (excludes halogenated alkanes) is 10. The highest BCUT2D eigenvalue weighted by atomic mass is 16.6. The molecule has 0 saturated carbocycles. The van der Waals surface area contributed by atoms with Crippen molar-refractivity contribution in [3.63, 3.8) is 0 Å². The zero-order valence-electron chi connectivity index (χ0n) is 22.7. The average Bonchev–Trinajstić information content (AvgIpc) is 2.78. The number of hydrogen-bond acceptors (Lipinski definition) is 7. The first kappa shape index (κ1) is 33.3. The van der Waals surface area contributed by atoms with Crippen molar-refractivity contribution in [1.82, 2.24) is 0 Å². The van der Waals surface area contributed by atoms with Gasteiger partial charge in [0.2, 0.25) is 0 Å². The van der Waals surface area contributed by atoms with Crippen LogP contribution in [0.1, 0.15) is 98.3 Å². The number of ether oxygens (including phenoxy) is 6. The molecule has 7 heteroatoms. The molecule has 0 aliphatic heterocycles. The largest absolute Gasteiger partial charge is 0.458 e. The van der Waals surface area contributed by atoms with Crippen molar-refractivity contribution in [2.75, 3.05) is 66.1 Å². The molecule has 0 heterocycles. The van der Waals surface area contributed by atoms with Gasteiger partial charge < -0.3 is 28.4 Å². The van der Waals surface area contributed by atoms with Crippen molar-refractivity contribution in [2.24, 2.45) is 0 Å². The highest BCUT2D eigenvalue weighted by Crippen LogP contribution is 2.11. The number of hydrogen-bond donors (Lipinski definition) is 0. The van der Waals surface area contributed by atoms with Gasteiger partial charge in [-0.1, -0.05) is 71.1 Å². The van der Waals surface area contributed by atoms with E-state index in [1.807, 2.05) is 20.8 Å². The van der Waals surface area contributed by atoms with E-state index in [1.165, 1.54) is 64.2 Å². The van der Waals surface area contributed by atoms with E-state index in [1.54, 1.807) is 0 Å². The summed E-state index contributed by atoms with van der Waals surface area (Å²) in [5.41, 5.74) is -0.489. The summed E-state index contributed by atoms with van der Waals surface area (Å²) in [5.74, 6) is -0.365. The van der Waals surface area contributed by atoms with Gasteiger partial charge in [0.1, 0.15) is 12.2 Å². The van der Waals surface area contributed by atoms with Crippen LogP contribution in [-0.4, -0.2) is 77.6 Å². The molecule has 0 aromatic rings. The molecule has 0 aliphatic carbocycles. The summed E-state index contributed by atoms with van der Waals surface area (Å²) in [6.07, 6.45) is 14.9. The second-order valence-electron chi connectivity index (χ2n) is 9.62. The number of rotatable bonds is 26. The van der Waals surface area contributed by atoms with Gasteiger partial charge in [-0.25, -0.2) is 4.79 Å². The lowest BCUT2D eigenvalue weighted by molar-refractivity contribution is -0.160. The van der Waals surface area contributed by atoms with Crippen molar-refractivity contribution in [1.29, 1.82) is 0 Å². The molecular formula is C27H54O7. The molecule has 0 aromatic carbocycles. The predicted molar refractivity (Wildman–Crippen MR) is 136 cm³/mol. The number of esters is 1. The van der Waals surface area contributed by atoms with E-state index in [0.717, 1.165) is 13.0 Å². The molecule has 0 fully saturated rings. The van der Waals surface area contributed by atoms with E-state index in [2.05, 4.69) is 6.92 Å². The summed E-state index contributed by atoms with van der Waals surface area (Å²) >= 11 is 0. The maximum atomic E-state index is 11.5. The lowest BCUT2D eigenvalue weighted by Crippen LogP contribution is -2.27. The molecule has 0 unspecified atom stereocenters. The molecule has 0 saturated heterocycles.